The summed E-state index contributed by atoms with van der Waals surface area (Å²) >= 11 is 5.85. The van der Waals surface area contributed by atoms with Crippen LogP contribution in [-0.2, 0) is 20.2 Å². The number of carbonyl (C=O) groups is 1. The minimum atomic E-state index is -0.389. The number of fused-ring (bicyclic) bond motifs is 1. The lowest BCUT2D eigenvalue weighted by atomic mass is 9.93. The second-order valence-electron chi connectivity index (χ2n) is 10.9. The van der Waals surface area contributed by atoms with Crippen LogP contribution in [0, 0.1) is 12.7 Å². The molecule has 0 aliphatic carbocycles. The van der Waals surface area contributed by atoms with E-state index in [0.717, 1.165) is 60.6 Å². The first-order chi connectivity index (χ1) is 20.8. The van der Waals surface area contributed by atoms with Crippen molar-refractivity contribution in [2.75, 3.05) is 18.4 Å². The SMILES string of the molecule is Cc1cnccc1C(=O)Nc1ccc2c(c1)nc(CN1CCC(c3cccc(OCc4ccc(Cl)cc4F)n3)CC1)n2C. The molecule has 0 saturated carbocycles. The molecule has 1 N–H and O–H groups in total. The van der Waals surface area contributed by atoms with E-state index in [2.05, 4.69) is 19.8 Å². The number of amides is 1. The van der Waals surface area contributed by atoms with Crippen LogP contribution < -0.4 is 10.1 Å². The molecule has 1 fully saturated rings. The molecule has 0 bridgehead atoms. The molecule has 220 valence electrons. The van der Waals surface area contributed by atoms with Crippen molar-refractivity contribution in [1.29, 1.82) is 0 Å². The van der Waals surface area contributed by atoms with Gasteiger partial charge in [-0.1, -0.05) is 23.7 Å². The first-order valence-corrected chi connectivity index (χ1v) is 14.6. The third kappa shape index (κ3) is 6.53. The predicted molar refractivity (Wildman–Crippen MR) is 165 cm³/mol. The molecule has 3 aromatic heterocycles. The van der Waals surface area contributed by atoms with Gasteiger partial charge >= 0.3 is 0 Å². The average Bonchev–Trinajstić information content (AvgIpc) is 3.31. The van der Waals surface area contributed by atoms with Gasteiger partial charge in [-0.3, -0.25) is 14.7 Å². The fourth-order valence-corrected chi connectivity index (χ4v) is 5.67. The molecular weight excluding hydrogens is 567 g/mol. The van der Waals surface area contributed by atoms with Gasteiger partial charge in [0.2, 0.25) is 5.88 Å². The second-order valence-corrected chi connectivity index (χ2v) is 11.3. The van der Waals surface area contributed by atoms with Crippen LogP contribution in [0.5, 0.6) is 5.88 Å². The Morgan fingerprint density at radius 3 is 2.72 bits per heavy atom. The van der Waals surface area contributed by atoms with E-state index in [1.54, 1.807) is 36.7 Å². The number of aryl methyl sites for hydroxylation is 2. The van der Waals surface area contributed by atoms with Crippen LogP contribution in [-0.4, -0.2) is 43.4 Å². The number of ether oxygens (including phenoxy) is 1. The average molecular weight is 599 g/mol. The lowest BCUT2D eigenvalue weighted by Crippen LogP contribution is -2.33. The van der Waals surface area contributed by atoms with Crippen molar-refractivity contribution in [2.45, 2.75) is 38.8 Å². The number of imidazole rings is 1. The molecular formula is C33H32ClFN6O2. The Morgan fingerprint density at radius 1 is 1.09 bits per heavy atom. The minimum Gasteiger partial charge on any atom is -0.473 e. The molecule has 1 amide bonds. The standard InChI is InChI=1S/C33H32ClFN6O2/c1-21-18-36-13-10-26(21)33(42)37-25-8-9-30-29(17-25)38-31(40(30)2)19-41-14-11-22(12-15-41)28-4-3-5-32(39-28)43-20-23-6-7-24(34)16-27(23)35/h3-10,13,16-18,22H,11-12,14-15,19-20H2,1-2H3,(H,37,42). The smallest absolute Gasteiger partial charge is 0.256 e. The summed E-state index contributed by atoms with van der Waals surface area (Å²) in [6.07, 6.45) is 5.24. The Bertz CT molecular complexity index is 1780. The van der Waals surface area contributed by atoms with E-state index in [-0.39, 0.29) is 18.3 Å². The Balaban J connectivity index is 1.06. The molecule has 8 nitrogen and oxygen atoms in total. The molecule has 43 heavy (non-hydrogen) atoms. The maximum absolute atomic E-state index is 14.1. The first kappa shape index (κ1) is 28.8. The van der Waals surface area contributed by atoms with Gasteiger partial charge in [0, 0.05) is 59.0 Å². The molecule has 0 atom stereocenters. The maximum Gasteiger partial charge on any atom is 0.256 e. The molecule has 1 aliphatic heterocycles. The number of carbonyl (C=O) groups excluding carboxylic acids is 1. The van der Waals surface area contributed by atoms with Crippen LogP contribution in [0.25, 0.3) is 11.0 Å². The summed E-state index contributed by atoms with van der Waals surface area (Å²) in [6, 6.07) is 17.9. The quantitative estimate of drug-likeness (QED) is 0.215. The molecule has 10 heteroatoms. The molecule has 4 heterocycles. The van der Waals surface area contributed by atoms with Crippen molar-refractivity contribution >= 4 is 34.2 Å². The lowest BCUT2D eigenvalue weighted by Gasteiger charge is -2.31. The number of rotatable bonds is 8. The fraction of sp³-hybridized carbons (Fsp3) is 0.273. The molecule has 5 aromatic rings. The van der Waals surface area contributed by atoms with Gasteiger partial charge in [0.1, 0.15) is 18.2 Å². The Labute approximate surface area is 254 Å². The monoisotopic (exact) mass is 598 g/mol. The Kier molecular flexibility index (Phi) is 8.35. The van der Waals surface area contributed by atoms with Crippen LogP contribution in [0.2, 0.25) is 5.02 Å². The van der Waals surface area contributed by atoms with Gasteiger partial charge in [-0.25, -0.2) is 14.4 Å². The lowest BCUT2D eigenvalue weighted by molar-refractivity contribution is 0.102. The van der Waals surface area contributed by atoms with E-state index in [9.17, 15) is 9.18 Å². The first-order valence-electron chi connectivity index (χ1n) is 14.3. The minimum absolute atomic E-state index is 0.0915. The Hall–Kier alpha value is -4.34. The number of piperidine rings is 1. The van der Waals surface area contributed by atoms with Gasteiger partial charge in [0.05, 0.1) is 17.6 Å². The van der Waals surface area contributed by atoms with Crippen LogP contribution in [0.4, 0.5) is 10.1 Å². The third-order valence-corrected chi connectivity index (χ3v) is 8.24. The van der Waals surface area contributed by atoms with Crippen molar-refractivity contribution < 1.29 is 13.9 Å². The predicted octanol–water partition coefficient (Wildman–Crippen LogP) is 6.68. The Morgan fingerprint density at radius 2 is 1.93 bits per heavy atom. The van der Waals surface area contributed by atoms with E-state index in [0.29, 0.717) is 33.6 Å². The molecule has 0 spiro atoms. The highest BCUT2D eigenvalue weighted by molar-refractivity contribution is 6.30. The van der Waals surface area contributed by atoms with Crippen molar-refractivity contribution in [2.24, 2.45) is 7.05 Å². The van der Waals surface area contributed by atoms with Gasteiger partial charge in [-0.15, -0.1) is 0 Å². The van der Waals surface area contributed by atoms with Crippen LogP contribution in [0.3, 0.4) is 0 Å². The number of hydrogen-bond donors (Lipinski definition) is 1. The number of likely N-dealkylation sites (tertiary alicyclic amines) is 1. The number of halogens is 2. The van der Waals surface area contributed by atoms with Crippen molar-refractivity contribution in [3.8, 4) is 5.88 Å². The van der Waals surface area contributed by atoms with Crippen molar-refractivity contribution in [3.63, 3.8) is 0 Å². The van der Waals surface area contributed by atoms with E-state index in [4.69, 9.17) is 26.3 Å². The number of aromatic nitrogens is 4. The zero-order chi connectivity index (χ0) is 29.9. The van der Waals surface area contributed by atoms with Gasteiger partial charge in [-0.2, -0.15) is 0 Å². The zero-order valence-electron chi connectivity index (χ0n) is 24.1. The summed E-state index contributed by atoms with van der Waals surface area (Å²) in [5.41, 5.74) is 5.42. The number of benzene rings is 2. The summed E-state index contributed by atoms with van der Waals surface area (Å²) < 4.78 is 22.0. The summed E-state index contributed by atoms with van der Waals surface area (Å²) in [7, 11) is 2.03. The summed E-state index contributed by atoms with van der Waals surface area (Å²) in [5, 5.41) is 3.34. The number of nitrogens with one attached hydrogen (secondary N) is 1. The van der Waals surface area contributed by atoms with Crippen LogP contribution in [0.15, 0.2) is 73.1 Å². The third-order valence-electron chi connectivity index (χ3n) is 8.00. The highest BCUT2D eigenvalue weighted by atomic mass is 35.5. The molecule has 6 rings (SSSR count). The van der Waals surface area contributed by atoms with Gasteiger partial charge < -0.3 is 14.6 Å². The number of anilines is 1. The molecule has 0 unspecified atom stereocenters. The van der Waals surface area contributed by atoms with E-state index >= 15 is 0 Å². The maximum atomic E-state index is 14.1. The van der Waals surface area contributed by atoms with E-state index in [1.165, 1.54) is 6.07 Å². The fourth-order valence-electron chi connectivity index (χ4n) is 5.51. The second kappa shape index (κ2) is 12.5. The summed E-state index contributed by atoms with van der Waals surface area (Å²) in [6.45, 7) is 4.54. The zero-order valence-corrected chi connectivity index (χ0v) is 24.8. The normalized spacial score (nSPS) is 14.2. The molecule has 1 saturated heterocycles. The summed E-state index contributed by atoms with van der Waals surface area (Å²) in [5.74, 6) is 1.23. The largest absolute Gasteiger partial charge is 0.473 e. The van der Waals surface area contributed by atoms with Crippen molar-refractivity contribution in [3.05, 3.63) is 112 Å². The number of nitrogens with zero attached hydrogens (tertiary/aromatic N) is 5. The van der Waals surface area contributed by atoms with E-state index in [1.807, 2.05) is 44.3 Å². The highest BCUT2D eigenvalue weighted by Gasteiger charge is 2.23. The van der Waals surface area contributed by atoms with Gasteiger partial charge in [0.25, 0.3) is 5.91 Å². The number of pyridine rings is 2. The van der Waals surface area contributed by atoms with Crippen LogP contribution >= 0.6 is 11.6 Å². The molecule has 0 radical (unpaired) electrons. The van der Waals surface area contributed by atoms with Gasteiger partial charge in [-0.05, 0) is 80.9 Å². The molecule has 2 aromatic carbocycles. The van der Waals surface area contributed by atoms with Crippen molar-refractivity contribution in [1.82, 2.24) is 24.4 Å². The van der Waals surface area contributed by atoms with Gasteiger partial charge in [0.15, 0.2) is 0 Å². The summed E-state index contributed by atoms with van der Waals surface area (Å²) in [4.78, 5) is 28.9. The van der Waals surface area contributed by atoms with Crippen LogP contribution in [0.1, 0.15) is 51.8 Å². The topological polar surface area (TPSA) is 85.2 Å². The number of hydrogen-bond acceptors (Lipinski definition) is 6. The highest BCUT2D eigenvalue weighted by Crippen LogP contribution is 2.29. The van der Waals surface area contributed by atoms with E-state index < -0.39 is 0 Å². The molecule has 1 aliphatic rings.